The van der Waals surface area contributed by atoms with E-state index in [1.807, 2.05) is 31.2 Å². The fraction of sp³-hybridized carbons (Fsp3) is 0.652. The van der Waals surface area contributed by atoms with Crippen LogP contribution in [0.2, 0.25) is 0 Å². The van der Waals surface area contributed by atoms with Crippen LogP contribution in [0.1, 0.15) is 76.2 Å². The van der Waals surface area contributed by atoms with Gasteiger partial charge >= 0.3 is 12.0 Å². The number of hydrogen-bond donors (Lipinski definition) is 3. The lowest BCUT2D eigenvalue weighted by atomic mass is 10.1. The number of anilines is 1. The Morgan fingerprint density at radius 2 is 1.38 bits per heavy atom. The zero-order valence-electron chi connectivity index (χ0n) is 17.9. The number of rotatable bonds is 17. The Bertz CT molecular complexity index is 561. The third-order valence-corrected chi connectivity index (χ3v) is 4.74. The number of hydrogen-bond acceptors (Lipinski definition) is 3. The summed E-state index contributed by atoms with van der Waals surface area (Å²) in [5, 5.41) is 14.2. The van der Waals surface area contributed by atoms with Crippen molar-refractivity contribution in [1.82, 2.24) is 5.32 Å². The lowest BCUT2D eigenvalue weighted by Gasteiger charge is -2.08. The number of carbonyl (C=O) groups excluding carboxylic acids is 1. The van der Waals surface area contributed by atoms with Gasteiger partial charge in [0, 0.05) is 31.9 Å². The predicted octanol–water partition coefficient (Wildman–Crippen LogP) is 5.51. The van der Waals surface area contributed by atoms with Crippen LogP contribution < -0.4 is 10.6 Å². The topological polar surface area (TPSA) is 87.7 Å². The van der Waals surface area contributed by atoms with E-state index in [-0.39, 0.29) is 6.03 Å². The number of benzene rings is 1. The average Bonchev–Trinajstić information content (AvgIpc) is 2.69. The fourth-order valence-corrected chi connectivity index (χ4v) is 3.01. The van der Waals surface area contributed by atoms with Crippen LogP contribution in [0.5, 0.6) is 0 Å². The van der Waals surface area contributed by atoms with Gasteiger partial charge in [-0.15, -0.1) is 0 Å². The van der Waals surface area contributed by atoms with Crippen LogP contribution in [-0.2, 0) is 9.53 Å². The number of carboxylic acid groups (broad SMARTS) is 1. The molecule has 3 N–H and O–H groups in total. The summed E-state index contributed by atoms with van der Waals surface area (Å²) in [7, 11) is 0. The summed E-state index contributed by atoms with van der Waals surface area (Å²) in [5.74, 6) is -0.688. The van der Waals surface area contributed by atoms with Gasteiger partial charge in [-0.05, 0) is 38.3 Å². The molecular weight excluding hydrogens is 368 g/mol. The smallest absolute Gasteiger partial charge is 0.319 e. The maximum Gasteiger partial charge on any atom is 0.319 e. The van der Waals surface area contributed by atoms with E-state index in [9.17, 15) is 9.59 Å². The van der Waals surface area contributed by atoms with Crippen LogP contribution in [0, 0.1) is 6.92 Å². The third kappa shape index (κ3) is 15.5. The maximum atomic E-state index is 11.8. The molecular formula is C23H38N2O4. The lowest BCUT2D eigenvalue weighted by Crippen LogP contribution is -2.30. The number of unbranched alkanes of at least 4 members (excludes halogenated alkanes) is 8. The molecule has 0 aliphatic heterocycles. The highest BCUT2D eigenvalue weighted by molar-refractivity contribution is 5.89. The fourth-order valence-electron chi connectivity index (χ4n) is 3.01. The van der Waals surface area contributed by atoms with E-state index in [4.69, 9.17) is 9.84 Å². The van der Waals surface area contributed by atoms with Crippen molar-refractivity contribution in [3.05, 3.63) is 29.8 Å². The number of amides is 2. The van der Waals surface area contributed by atoms with Gasteiger partial charge in [0.25, 0.3) is 0 Å². The third-order valence-electron chi connectivity index (χ3n) is 4.74. The molecule has 0 saturated heterocycles. The number of aryl methyl sites for hydroxylation is 1. The van der Waals surface area contributed by atoms with Gasteiger partial charge in [-0.25, -0.2) is 4.79 Å². The van der Waals surface area contributed by atoms with Crippen LogP contribution in [0.4, 0.5) is 10.5 Å². The molecule has 0 atom stereocenters. The Labute approximate surface area is 175 Å². The lowest BCUT2D eigenvalue weighted by molar-refractivity contribution is -0.137. The molecule has 1 aromatic carbocycles. The van der Waals surface area contributed by atoms with Gasteiger partial charge < -0.3 is 20.5 Å². The summed E-state index contributed by atoms with van der Waals surface area (Å²) in [6.07, 6.45) is 11.3. The van der Waals surface area contributed by atoms with Gasteiger partial charge in [-0.1, -0.05) is 62.6 Å². The van der Waals surface area contributed by atoms with Crippen molar-refractivity contribution in [3.8, 4) is 0 Å². The SMILES string of the molecule is Cc1ccc(NC(=O)NCCCOCCCCCCCCCCCC(=O)O)cc1. The Hall–Kier alpha value is -2.08. The molecule has 0 unspecified atom stereocenters. The molecule has 0 spiro atoms. The molecule has 2 amide bonds. The normalized spacial score (nSPS) is 10.7. The molecule has 0 bridgehead atoms. The van der Waals surface area contributed by atoms with E-state index in [0.717, 1.165) is 50.0 Å². The Balaban J connectivity index is 1.79. The molecule has 0 aliphatic carbocycles. The van der Waals surface area contributed by atoms with Crippen LogP contribution in [0.3, 0.4) is 0 Å². The van der Waals surface area contributed by atoms with E-state index < -0.39 is 5.97 Å². The molecule has 0 heterocycles. The number of carboxylic acids is 1. The molecule has 0 fully saturated rings. The molecule has 0 saturated carbocycles. The minimum absolute atomic E-state index is 0.185. The second-order valence-corrected chi connectivity index (χ2v) is 7.54. The molecule has 0 aromatic heterocycles. The van der Waals surface area contributed by atoms with Gasteiger partial charge in [0.15, 0.2) is 0 Å². The summed E-state index contributed by atoms with van der Waals surface area (Å²) >= 11 is 0. The van der Waals surface area contributed by atoms with Gasteiger partial charge in [-0.3, -0.25) is 4.79 Å². The van der Waals surface area contributed by atoms with Crippen LogP contribution in [0.15, 0.2) is 24.3 Å². The van der Waals surface area contributed by atoms with E-state index >= 15 is 0 Å². The van der Waals surface area contributed by atoms with Crippen LogP contribution >= 0.6 is 0 Å². The van der Waals surface area contributed by atoms with Crippen molar-refractivity contribution in [2.75, 3.05) is 25.1 Å². The van der Waals surface area contributed by atoms with Crippen molar-refractivity contribution >= 4 is 17.7 Å². The summed E-state index contributed by atoms with van der Waals surface area (Å²) in [4.78, 5) is 22.2. The highest BCUT2D eigenvalue weighted by Crippen LogP contribution is 2.11. The summed E-state index contributed by atoms with van der Waals surface area (Å²) in [5.41, 5.74) is 1.96. The number of nitrogens with one attached hydrogen (secondary N) is 2. The predicted molar refractivity (Wildman–Crippen MR) is 117 cm³/mol. The van der Waals surface area contributed by atoms with Gasteiger partial charge in [-0.2, -0.15) is 0 Å². The molecule has 29 heavy (non-hydrogen) atoms. The number of ether oxygens (including phenoxy) is 1. The summed E-state index contributed by atoms with van der Waals surface area (Å²) < 4.78 is 5.62. The van der Waals surface area contributed by atoms with Crippen molar-refractivity contribution < 1.29 is 19.4 Å². The van der Waals surface area contributed by atoms with E-state index in [1.54, 1.807) is 0 Å². The molecule has 0 aliphatic rings. The monoisotopic (exact) mass is 406 g/mol. The van der Waals surface area contributed by atoms with E-state index in [1.165, 1.54) is 32.1 Å². The van der Waals surface area contributed by atoms with E-state index in [0.29, 0.717) is 19.6 Å². The molecule has 6 heteroatoms. The van der Waals surface area contributed by atoms with Crippen molar-refractivity contribution in [2.45, 2.75) is 77.6 Å². The standard InChI is InChI=1S/C23H38N2O4/c1-20-13-15-21(16-14-20)25-23(28)24-17-11-19-29-18-10-8-6-4-2-3-5-7-9-12-22(26)27/h13-16H,2-12,17-19H2,1H3,(H,26,27)(H2,24,25,28). The second kappa shape index (κ2) is 16.8. The molecule has 164 valence electrons. The zero-order valence-corrected chi connectivity index (χ0v) is 17.9. The first-order valence-electron chi connectivity index (χ1n) is 11.0. The van der Waals surface area contributed by atoms with Gasteiger partial charge in [0.1, 0.15) is 0 Å². The van der Waals surface area contributed by atoms with E-state index in [2.05, 4.69) is 10.6 Å². The Morgan fingerprint density at radius 1 is 0.828 bits per heavy atom. The number of aliphatic carboxylic acids is 1. The molecule has 0 radical (unpaired) electrons. The minimum Gasteiger partial charge on any atom is -0.481 e. The Morgan fingerprint density at radius 3 is 2.00 bits per heavy atom. The summed E-state index contributed by atoms with van der Waals surface area (Å²) in [6, 6.07) is 7.53. The molecule has 6 nitrogen and oxygen atoms in total. The second-order valence-electron chi connectivity index (χ2n) is 7.54. The highest BCUT2D eigenvalue weighted by atomic mass is 16.5. The molecule has 1 aromatic rings. The van der Waals surface area contributed by atoms with Crippen molar-refractivity contribution in [2.24, 2.45) is 0 Å². The zero-order chi connectivity index (χ0) is 21.2. The van der Waals surface area contributed by atoms with Crippen molar-refractivity contribution in [3.63, 3.8) is 0 Å². The van der Waals surface area contributed by atoms with Gasteiger partial charge in [0.2, 0.25) is 0 Å². The first-order chi connectivity index (χ1) is 14.1. The number of carbonyl (C=O) groups is 2. The van der Waals surface area contributed by atoms with Crippen LogP contribution in [0.25, 0.3) is 0 Å². The first kappa shape index (κ1) is 25.0. The Kier molecular flexibility index (Phi) is 14.5. The van der Waals surface area contributed by atoms with Crippen molar-refractivity contribution in [1.29, 1.82) is 0 Å². The highest BCUT2D eigenvalue weighted by Gasteiger charge is 2.00. The quantitative estimate of drug-likeness (QED) is 0.298. The largest absolute Gasteiger partial charge is 0.481 e. The minimum atomic E-state index is -0.688. The van der Waals surface area contributed by atoms with Gasteiger partial charge in [0.05, 0.1) is 0 Å². The maximum absolute atomic E-state index is 11.8. The van der Waals surface area contributed by atoms with Crippen LogP contribution in [-0.4, -0.2) is 36.9 Å². The average molecular weight is 407 g/mol. The molecule has 1 rings (SSSR count). The summed E-state index contributed by atoms with van der Waals surface area (Å²) in [6.45, 7) is 4.07. The first-order valence-corrected chi connectivity index (χ1v) is 11.0. The number of urea groups is 1.